The van der Waals surface area contributed by atoms with Crippen LogP contribution in [0.1, 0.15) is 12.1 Å². The fourth-order valence-electron chi connectivity index (χ4n) is 0.836. The summed E-state index contributed by atoms with van der Waals surface area (Å²) in [5, 5.41) is 9.43. The first-order chi connectivity index (χ1) is 6.58. The predicted molar refractivity (Wildman–Crippen MR) is 57.8 cm³/mol. The highest BCUT2D eigenvalue weighted by Crippen LogP contribution is 2.19. The van der Waals surface area contributed by atoms with Crippen LogP contribution in [0.5, 0.6) is 0 Å². The molecule has 1 aromatic heterocycles. The number of amidine groups is 1. The van der Waals surface area contributed by atoms with E-state index in [9.17, 15) is 0 Å². The quantitative estimate of drug-likeness (QED) is 0.411. The fourth-order valence-corrected chi connectivity index (χ4v) is 1.58. The zero-order chi connectivity index (χ0) is 10.6. The van der Waals surface area contributed by atoms with Crippen LogP contribution in [0, 0.1) is 5.41 Å². The summed E-state index contributed by atoms with van der Waals surface area (Å²) in [4.78, 5) is 7.94. The summed E-state index contributed by atoms with van der Waals surface area (Å²) in [6.07, 6.45) is 1.15. The van der Waals surface area contributed by atoms with Crippen molar-refractivity contribution in [3.05, 3.63) is 11.1 Å². The first kappa shape index (κ1) is 10.5. The minimum absolute atomic E-state index is 0.00234. The Morgan fingerprint density at radius 2 is 2.21 bits per heavy atom. The molecule has 0 saturated heterocycles. The van der Waals surface area contributed by atoms with Gasteiger partial charge in [-0.2, -0.15) is 4.99 Å². The lowest BCUT2D eigenvalue weighted by Gasteiger charge is -1.93. The van der Waals surface area contributed by atoms with Crippen molar-refractivity contribution < 1.29 is 0 Å². The highest BCUT2D eigenvalue weighted by atomic mass is 32.1. The largest absolute Gasteiger partial charge is 0.388 e. The van der Waals surface area contributed by atoms with Crippen molar-refractivity contribution in [3.63, 3.8) is 0 Å². The van der Waals surface area contributed by atoms with Crippen LogP contribution >= 0.6 is 11.3 Å². The third-order valence-corrected chi connectivity index (χ3v) is 2.20. The highest BCUT2D eigenvalue weighted by molar-refractivity contribution is 7.13. The Kier molecular flexibility index (Phi) is 3.41. The molecule has 0 unspecified atom stereocenters. The van der Waals surface area contributed by atoms with E-state index in [1.54, 1.807) is 0 Å². The summed E-state index contributed by atoms with van der Waals surface area (Å²) < 4.78 is 0. The Morgan fingerprint density at radius 3 is 2.79 bits per heavy atom. The molecule has 0 aliphatic rings. The van der Waals surface area contributed by atoms with Gasteiger partial charge in [0.05, 0.1) is 11.5 Å². The Labute approximate surface area is 85.4 Å². The van der Waals surface area contributed by atoms with Crippen molar-refractivity contribution in [2.75, 3.05) is 0 Å². The smallest absolute Gasteiger partial charge is 0.212 e. The summed E-state index contributed by atoms with van der Waals surface area (Å²) in [5.74, 6) is 0.152. The average Bonchev–Trinajstić information content (AvgIpc) is 2.47. The molecule has 0 bridgehead atoms. The number of thiazole rings is 1. The first-order valence-electron chi connectivity index (χ1n) is 3.95. The number of nitrogens with one attached hydrogen (secondary N) is 1. The molecule has 6 nitrogen and oxygen atoms in total. The second-order valence-electron chi connectivity index (χ2n) is 2.68. The Balaban J connectivity index is 2.59. The van der Waals surface area contributed by atoms with Crippen molar-refractivity contribution in [1.82, 2.24) is 4.98 Å². The van der Waals surface area contributed by atoms with Crippen molar-refractivity contribution in [2.24, 2.45) is 22.2 Å². The van der Waals surface area contributed by atoms with E-state index < -0.39 is 0 Å². The van der Waals surface area contributed by atoms with Gasteiger partial charge in [-0.15, -0.1) is 11.3 Å². The molecule has 76 valence electrons. The summed E-state index contributed by atoms with van der Waals surface area (Å²) >= 11 is 1.36. The highest BCUT2D eigenvalue weighted by Gasteiger charge is 2.01. The molecule has 0 amide bonds. The molecule has 0 saturated carbocycles. The van der Waals surface area contributed by atoms with E-state index in [0.717, 1.165) is 5.69 Å². The van der Waals surface area contributed by atoms with Gasteiger partial charge >= 0.3 is 0 Å². The molecular formula is C7H12N6S. The van der Waals surface area contributed by atoms with Gasteiger partial charge in [-0.3, -0.25) is 5.41 Å². The number of rotatable bonds is 4. The molecular weight excluding hydrogens is 200 g/mol. The number of aryl methyl sites for hydroxylation is 1. The molecule has 7 heteroatoms. The van der Waals surface area contributed by atoms with Crippen LogP contribution in [-0.2, 0) is 6.42 Å². The molecule has 0 aliphatic heterocycles. The van der Waals surface area contributed by atoms with Gasteiger partial charge in [0, 0.05) is 11.8 Å². The molecule has 0 aliphatic carbocycles. The van der Waals surface area contributed by atoms with E-state index in [1.165, 1.54) is 11.3 Å². The summed E-state index contributed by atoms with van der Waals surface area (Å²) in [5.41, 5.74) is 16.5. The Morgan fingerprint density at radius 1 is 1.50 bits per heavy atom. The van der Waals surface area contributed by atoms with E-state index in [-0.39, 0.29) is 11.8 Å². The first-order valence-corrected chi connectivity index (χ1v) is 4.83. The molecule has 14 heavy (non-hydrogen) atoms. The van der Waals surface area contributed by atoms with Gasteiger partial charge in [-0.1, -0.05) is 0 Å². The van der Waals surface area contributed by atoms with E-state index in [1.807, 2.05) is 5.38 Å². The number of nitrogens with two attached hydrogens (primary N) is 3. The van der Waals surface area contributed by atoms with Gasteiger partial charge in [0.2, 0.25) is 5.13 Å². The average molecular weight is 212 g/mol. The lowest BCUT2D eigenvalue weighted by molar-refractivity contribution is 0.973. The van der Waals surface area contributed by atoms with Crippen LogP contribution < -0.4 is 17.2 Å². The maximum Gasteiger partial charge on any atom is 0.212 e. The van der Waals surface area contributed by atoms with Crippen molar-refractivity contribution in [2.45, 2.75) is 12.8 Å². The van der Waals surface area contributed by atoms with Crippen molar-refractivity contribution >= 4 is 28.3 Å². The molecule has 0 fully saturated rings. The van der Waals surface area contributed by atoms with E-state index in [0.29, 0.717) is 18.0 Å². The van der Waals surface area contributed by atoms with Crippen LogP contribution in [0.4, 0.5) is 5.13 Å². The normalized spacial score (nSPS) is 9.71. The lowest BCUT2D eigenvalue weighted by Crippen LogP contribution is -2.21. The second kappa shape index (κ2) is 4.56. The number of hydrogen-bond donors (Lipinski definition) is 4. The molecule has 0 aromatic carbocycles. The topological polar surface area (TPSA) is 127 Å². The molecule has 0 radical (unpaired) electrons. The molecule has 1 rings (SSSR count). The lowest BCUT2D eigenvalue weighted by atomic mass is 10.2. The number of aliphatic imine (C=N–C) groups is 1. The van der Waals surface area contributed by atoms with Gasteiger partial charge in [0.1, 0.15) is 0 Å². The zero-order valence-corrected chi connectivity index (χ0v) is 8.34. The maximum atomic E-state index is 7.05. The van der Waals surface area contributed by atoms with Crippen LogP contribution in [0.25, 0.3) is 0 Å². The van der Waals surface area contributed by atoms with Crippen molar-refractivity contribution in [1.29, 1.82) is 5.41 Å². The summed E-state index contributed by atoms with van der Waals surface area (Å²) in [7, 11) is 0. The van der Waals surface area contributed by atoms with Crippen LogP contribution in [0.3, 0.4) is 0 Å². The standard InChI is InChI=1S/C7H12N6S/c8-5(9)2-1-4-3-14-7(12-4)13-6(10)11/h3H,1-2H2,(H3,8,9)(H4,10,11,12,13). The molecule has 0 atom stereocenters. The van der Waals surface area contributed by atoms with Gasteiger partial charge < -0.3 is 17.2 Å². The van der Waals surface area contributed by atoms with E-state index in [2.05, 4.69) is 9.98 Å². The monoisotopic (exact) mass is 212 g/mol. The minimum atomic E-state index is -0.00234. The minimum Gasteiger partial charge on any atom is -0.388 e. The molecule has 1 heterocycles. The van der Waals surface area contributed by atoms with E-state index in [4.69, 9.17) is 22.6 Å². The Hall–Kier alpha value is -1.63. The van der Waals surface area contributed by atoms with Gasteiger partial charge in [-0.05, 0) is 6.42 Å². The van der Waals surface area contributed by atoms with Crippen LogP contribution in [-0.4, -0.2) is 16.8 Å². The molecule has 1 aromatic rings. The number of guanidine groups is 1. The van der Waals surface area contributed by atoms with Gasteiger partial charge in [0.15, 0.2) is 5.96 Å². The SMILES string of the molecule is N=C(N)CCc1csc(N=C(N)N)n1. The third-order valence-electron chi connectivity index (χ3n) is 1.41. The predicted octanol–water partition coefficient (Wildman–Crippen LogP) is -0.0834. The van der Waals surface area contributed by atoms with Gasteiger partial charge in [0.25, 0.3) is 0 Å². The van der Waals surface area contributed by atoms with Gasteiger partial charge in [-0.25, -0.2) is 4.98 Å². The van der Waals surface area contributed by atoms with E-state index >= 15 is 0 Å². The second-order valence-corrected chi connectivity index (χ2v) is 3.52. The number of aromatic nitrogens is 1. The Bertz CT molecular complexity index is 351. The fraction of sp³-hybridized carbons (Fsp3) is 0.286. The van der Waals surface area contributed by atoms with Crippen LogP contribution in [0.15, 0.2) is 10.4 Å². The molecule has 7 N–H and O–H groups in total. The van der Waals surface area contributed by atoms with Crippen molar-refractivity contribution in [3.8, 4) is 0 Å². The molecule has 0 spiro atoms. The number of nitrogens with zero attached hydrogens (tertiary/aromatic N) is 2. The third kappa shape index (κ3) is 3.40. The maximum absolute atomic E-state index is 7.05. The van der Waals surface area contributed by atoms with Crippen LogP contribution in [0.2, 0.25) is 0 Å². The summed E-state index contributed by atoms with van der Waals surface area (Å²) in [6, 6.07) is 0. The summed E-state index contributed by atoms with van der Waals surface area (Å²) in [6.45, 7) is 0. The number of hydrogen-bond acceptors (Lipinski definition) is 4. The zero-order valence-electron chi connectivity index (χ0n) is 7.53.